The summed E-state index contributed by atoms with van der Waals surface area (Å²) in [6, 6.07) is 8.32. The molecule has 0 radical (unpaired) electrons. The summed E-state index contributed by atoms with van der Waals surface area (Å²) in [5.74, 6) is 0. The number of hydrogen-bond acceptors (Lipinski definition) is 0. The normalized spacial score (nSPS) is 13.7. The molecule has 0 nitrogen and oxygen atoms in total. The van der Waals surface area contributed by atoms with E-state index in [4.69, 9.17) is 0 Å². The summed E-state index contributed by atoms with van der Waals surface area (Å²) in [4.78, 5) is 0. The molecule has 0 unspecified atom stereocenters. The van der Waals surface area contributed by atoms with Gasteiger partial charge in [-0.2, -0.15) is 0 Å². The SMILES string of the molecule is BrC1=Cc2ccccc21. The Morgan fingerprint density at radius 2 is 1.89 bits per heavy atom. The number of hydrogen-bond donors (Lipinski definition) is 0. The zero-order chi connectivity index (χ0) is 6.27. The minimum Gasteiger partial charge on any atom is -0.0616 e. The van der Waals surface area contributed by atoms with Crippen LogP contribution in [0.5, 0.6) is 0 Å². The third kappa shape index (κ3) is 0.648. The highest BCUT2D eigenvalue weighted by Crippen LogP contribution is 2.35. The van der Waals surface area contributed by atoms with Crippen molar-refractivity contribution in [2.45, 2.75) is 0 Å². The fourth-order valence-electron chi connectivity index (χ4n) is 0.977. The predicted molar refractivity (Wildman–Crippen MR) is 43.2 cm³/mol. The van der Waals surface area contributed by atoms with Crippen molar-refractivity contribution in [2.24, 2.45) is 0 Å². The van der Waals surface area contributed by atoms with E-state index in [0.717, 1.165) is 0 Å². The quantitative estimate of drug-likeness (QED) is 0.577. The summed E-state index contributed by atoms with van der Waals surface area (Å²) < 4.78 is 1.22. The second-order valence-electron chi connectivity index (χ2n) is 2.08. The number of rotatable bonds is 0. The fraction of sp³-hybridized carbons (Fsp3) is 0. The maximum atomic E-state index is 3.42. The van der Waals surface area contributed by atoms with Crippen LogP contribution in [0.4, 0.5) is 0 Å². The summed E-state index contributed by atoms with van der Waals surface area (Å²) in [5, 5.41) is 0. The lowest BCUT2D eigenvalue weighted by Gasteiger charge is -2.13. The van der Waals surface area contributed by atoms with Crippen molar-refractivity contribution in [3.8, 4) is 0 Å². The molecule has 0 amide bonds. The summed E-state index contributed by atoms with van der Waals surface area (Å²) in [5.41, 5.74) is 2.67. The van der Waals surface area contributed by atoms with E-state index in [2.05, 4.69) is 40.2 Å². The molecule has 1 aromatic rings. The van der Waals surface area contributed by atoms with Gasteiger partial charge >= 0.3 is 0 Å². The Kier molecular flexibility index (Phi) is 0.995. The second kappa shape index (κ2) is 1.71. The van der Waals surface area contributed by atoms with Gasteiger partial charge in [-0.05, 0) is 17.2 Å². The molecule has 0 aliphatic heterocycles. The molecule has 1 aliphatic carbocycles. The Balaban J connectivity index is 2.61. The molecule has 0 aromatic heterocycles. The van der Waals surface area contributed by atoms with Crippen molar-refractivity contribution in [2.75, 3.05) is 0 Å². The lowest BCUT2D eigenvalue weighted by atomic mass is 9.98. The average Bonchev–Trinajstić information content (AvgIpc) is 1.86. The van der Waals surface area contributed by atoms with E-state index in [9.17, 15) is 0 Å². The third-order valence-corrected chi connectivity index (χ3v) is 2.16. The molecule has 1 aliphatic rings. The van der Waals surface area contributed by atoms with Crippen LogP contribution in [0.25, 0.3) is 10.6 Å². The molecular weight excluding hydrogens is 176 g/mol. The summed E-state index contributed by atoms with van der Waals surface area (Å²) in [6.45, 7) is 0. The van der Waals surface area contributed by atoms with Gasteiger partial charge in [-0.25, -0.2) is 0 Å². The molecule has 0 N–H and O–H groups in total. The van der Waals surface area contributed by atoms with Crippen molar-refractivity contribution >= 4 is 26.5 Å². The van der Waals surface area contributed by atoms with Crippen LogP contribution in [0.3, 0.4) is 0 Å². The monoisotopic (exact) mass is 180 g/mol. The van der Waals surface area contributed by atoms with Crippen molar-refractivity contribution in [1.29, 1.82) is 0 Å². The minimum absolute atomic E-state index is 1.22. The fourth-order valence-corrected chi connectivity index (χ4v) is 1.58. The highest BCUT2D eigenvalue weighted by Gasteiger charge is 2.10. The van der Waals surface area contributed by atoms with Gasteiger partial charge in [0.25, 0.3) is 0 Å². The summed E-state index contributed by atoms with van der Waals surface area (Å²) in [7, 11) is 0. The van der Waals surface area contributed by atoms with Gasteiger partial charge in [0.2, 0.25) is 0 Å². The number of benzene rings is 1. The topological polar surface area (TPSA) is 0 Å². The van der Waals surface area contributed by atoms with Crippen LogP contribution in [0.2, 0.25) is 0 Å². The van der Waals surface area contributed by atoms with Gasteiger partial charge in [0.1, 0.15) is 0 Å². The van der Waals surface area contributed by atoms with E-state index < -0.39 is 0 Å². The molecular formula is C8H5Br. The standard InChI is InChI=1S/C8H5Br/c9-8-5-6-3-1-2-4-7(6)8/h1-5H. The third-order valence-electron chi connectivity index (χ3n) is 1.50. The molecule has 1 heteroatoms. The first-order valence-electron chi connectivity index (χ1n) is 2.84. The second-order valence-corrected chi connectivity index (χ2v) is 2.93. The summed E-state index contributed by atoms with van der Waals surface area (Å²) in [6.07, 6.45) is 2.12. The number of fused-ring (bicyclic) bond motifs is 1. The van der Waals surface area contributed by atoms with E-state index in [-0.39, 0.29) is 0 Å². The summed E-state index contributed by atoms with van der Waals surface area (Å²) >= 11 is 3.42. The Labute approximate surface area is 62.3 Å². The first-order valence-corrected chi connectivity index (χ1v) is 3.64. The van der Waals surface area contributed by atoms with Crippen LogP contribution in [-0.2, 0) is 0 Å². The van der Waals surface area contributed by atoms with E-state index >= 15 is 0 Å². The molecule has 9 heavy (non-hydrogen) atoms. The van der Waals surface area contributed by atoms with Gasteiger partial charge in [0, 0.05) is 4.48 Å². The zero-order valence-electron chi connectivity index (χ0n) is 4.76. The van der Waals surface area contributed by atoms with Crippen LogP contribution >= 0.6 is 15.9 Å². The van der Waals surface area contributed by atoms with E-state index in [1.54, 1.807) is 0 Å². The van der Waals surface area contributed by atoms with Gasteiger partial charge in [0.05, 0.1) is 0 Å². The molecule has 0 fully saturated rings. The molecule has 2 rings (SSSR count). The van der Waals surface area contributed by atoms with Gasteiger partial charge in [-0.1, -0.05) is 40.2 Å². The van der Waals surface area contributed by atoms with Crippen LogP contribution in [0.15, 0.2) is 24.3 Å². The Morgan fingerprint density at radius 1 is 1.11 bits per heavy atom. The zero-order valence-corrected chi connectivity index (χ0v) is 6.35. The van der Waals surface area contributed by atoms with Crippen molar-refractivity contribution in [3.05, 3.63) is 35.4 Å². The predicted octanol–water partition coefficient (Wildman–Crippen LogP) is 2.89. The Hall–Kier alpha value is -0.560. The van der Waals surface area contributed by atoms with Crippen LogP contribution in [0.1, 0.15) is 11.1 Å². The van der Waals surface area contributed by atoms with E-state index in [1.807, 2.05) is 6.07 Å². The van der Waals surface area contributed by atoms with Crippen LogP contribution < -0.4 is 0 Å². The lowest BCUT2D eigenvalue weighted by molar-refractivity contribution is 1.57. The molecule has 0 atom stereocenters. The highest BCUT2D eigenvalue weighted by atomic mass is 79.9. The number of halogens is 1. The van der Waals surface area contributed by atoms with Crippen molar-refractivity contribution in [3.63, 3.8) is 0 Å². The molecule has 0 heterocycles. The first kappa shape index (κ1) is 5.24. The van der Waals surface area contributed by atoms with Gasteiger partial charge in [0.15, 0.2) is 0 Å². The van der Waals surface area contributed by atoms with Crippen LogP contribution in [0, 0.1) is 0 Å². The largest absolute Gasteiger partial charge is 0.0616 e. The molecule has 0 saturated carbocycles. The Bertz CT molecular complexity index is 274. The molecule has 0 saturated heterocycles. The Morgan fingerprint density at radius 3 is 2.44 bits per heavy atom. The van der Waals surface area contributed by atoms with E-state index in [0.29, 0.717) is 0 Å². The molecule has 44 valence electrons. The first-order chi connectivity index (χ1) is 4.38. The molecule has 0 spiro atoms. The van der Waals surface area contributed by atoms with Gasteiger partial charge in [-0.3, -0.25) is 0 Å². The van der Waals surface area contributed by atoms with Gasteiger partial charge < -0.3 is 0 Å². The van der Waals surface area contributed by atoms with Gasteiger partial charge in [-0.15, -0.1) is 0 Å². The maximum Gasteiger partial charge on any atom is 0.0259 e. The minimum atomic E-state index is 1.22. The smallest absolute Gasteiger partial charge is 0.0259 e. The molecule has 1 aromatic carbocycles. The van der Waals surface area contributed by atoms with E-state index in [1.165, 1.54) is 15.6 Å². The van der Waals surface area contributed by atoms with Crippen LogP contribution in [-0.4, -0.2) is 0 Å². The molecule has 0 bridgehead atoms. The lowest BCUT2D eigenvalue weighted by Crippen LogP contribution is -1.90. The average molecular weight is 181 g/mol. The van der Waals surface area contributed by atoms with Crippen molar-refractivity contribution in [1.82, 2.24) is 0 Å². The highest BCUT2D eigenvalue weighted by molar-refractivity contribution is 9.15. The van der Waals surface area contributed by atoms with Crippen molar-refractivity contribution < 1.29 is 0 Å². The maximum absolute atomic E-state index is 3.42.